The second-order valence-electron chi connectivity index (χ2n) is 6.62. The molecule has 0 nitrogen and oxygen atoms in total. The Morgan fingerprint density at radius 1 is 0.654 bits per heavy atom. The van der Waals surface area contributed by atoms with Crippen molar-refractivity contribution in [2.45, 2.75) is 13.8 Å². The van der Waals surface area contributed by atoms with Crippen LogP contribution in [0.25, 0.3) is 22.8 Å². The maximum atomic E-state index is 4.21. The topological polar surface area (TPSA) is 0 Å². The number of rotatable bonds is 5. The molecule has 0 spiro atoms. The molecule has 0 heterocycles. The van der Waals surface area contributed by atoms with E-state index in [9.17, 15) is 0 Å². The third-order valence-electron chi connectivity index (χ3n) is 4.45. The van der Waals surface area contributed by atoms with Crippen molar-refractivity contribution in [1.82, 2.24) is 0 Å². The first-order valence-corrected chi connectivity index (χ1v) is 8.85. The summed E-state index contributed by atoms with van der Waals surface area (Å²) in [6.07, 6.45) is 2.26. The highest BCUT2D eigenvalue weighted by Crippen LogP contribution is 2.32. The SMILES string of the molecule is C=C(C)c1cccc(C=C(c2ccccc2)c2ccccc2)c1C(=C)C. The van der Waals surface area contributed by atoms with Crippen molar-refractivity contribution in [2.75, 3.05) is 0 Å². The van der Waals surface area contributed by atoms with E-state index in [0.29, 0.717) is 0 Å². The highest BCUT2D eigenvalue weighted by Gasteiger charge is 2.11. The molecule has 0 radical (unpaired) electrons. The summed E-state index contributed by atoms with van der Waals surface area (Å²) in [6, 6.07) is 27.4. The Balaban J connectivity index is 2.26. The Morgan fingerprint density at radius 2 is 1.19 bits per heavy atom. The van der Waals surface area contributed by atoms with Gasteiger partial charge >= 0.3 is 0 Å². The van der Waals surface area contributed by atoms with Gasteiger partial charge in [0.2, 0.25) is 0 Å². The normalized spacial score (nSPS) is 10.2. The average Bonchev–Trinajstić information content (AvgIpc) is 2.67. The summed E-state index contributed by atoms with van der Waals surface area (Å²) in [5.74, 6) is 0. The lowest BCUT2D eigenvalue weighted by Crippen LogP contribution is -1.94. The summed E-state index contributed by atoms with van der Waals surface area (Å²) < 4.78 is 0. The molecule has 3 aromatic rings. The zero-order valence-electron chi connectivity index (χ0n) is 15.5. The van der Waals surface area contributed by atoms with E-state index in [2.05, 4.69) is 92.9 Å². The molecule has 0 amide bonds. The first kappa shape index (κ1) is 17.7. The lowest BCUT2D eigenvalue weighted by atomic mass is 9.89. The van der Waals surface area contributed by atoms with Gasteiger partial charge in [-0.05, 0) is 58.9 Å². The van der Waals surface area contributed by atoms with Gasteiger partial charge in [0.25, 0.3) is 0 Å². The van der Waals surface area contributed by atoms with Crippen LogP contribution in [0.2, 0.25) is 0 Å². The van der Waals surface area contributed by atoms with Crippen LogP contribution in [0.4, 0.5) is 0 Å². The Morgan fingerprint density at radius 3 is 1.65 bits per heavy atom. The predicted molar refractivity (Wildman–Crippen MR) is 116 cm³/mol. The van der Waals surface area contributed by atoms with E-state index in [1.807, 2.05) is 19.1 Å². The molecular weight excluding hydrogens is 312 g/mol. The monoisotopic (exact) mass is 336 g/mol. The summed E-state index contributed by atoms with van der Waals surface area (Å²) in [6.45, 7) is 12.5. The molecule has 0 atom stereocenters. The summed E-state index contributed by atoms with van der Waals surface area (Å²) >= 11 is 0. The van der Waals surface area contributed by atoms with Gasteiger partial charge in [0.15, 0.2) is 0 Å². The number of allylic oxidation sites excluding steroid dienone is 2. The zero-order valence-corrected chi connectivity index (χ0v) is 15.5. The smallest absolute Gasteiger partial charge is 0.00854 e. The molecule has 3 rings (SSSR count). The van der Waals surface area contributed by atoms with Crippen LogP contribution in [0.5, 0.6) is 0 Å². The minimum atomic E-state index is 1.05. The molecule has 0 aromatic heterocycles. The molecule has 0 aliphatic heterocycles. The second kappa shape index (κ2) is 7.84. The standard InChI is InChI=1S/C26H24/c1-19(2)24-17-11-16-23(26(24)20(3)4)18-25(21-12-7-5-8-13-21)22-14-9-6-10-15-22/h5-18H,1,3H2,2,4H3. The fraction of sp³-hybridized carbons (Fsp3) is 0.0769. The maximum Gasteiger partial charge on any atom is -0.00854 e. The zero-order chi connectivity index (χ0) is 18.5. The lowest BCUT2D eigenvalue weighted by Gasteiger charge is -2.15. The summed E-state index contributed by atoms with van der Waals surface area (Å²) in [4.78, 5) is 0. The number of hydrogen-bond acceptors (Lipinski definition) is 0. The quantitative estimate of drug-likeness (QED) is 0.427. The fourth-order valence-electron chi connectivity index (χ4n) is 3.25. The molecule has 0 bridgehead atoms. The van der Waals surface area contributed by atoms with Gasteiger partial charge in [-0.25, -0.2) is 0 Å². The highest BCUT2D eigenvalue weighted by molar-refractivity contribution is 5.94. The van der Waals surface area contributed by atoms with Gasteiger partial charge in [-0.2, -0.15) is 0 Å². The van der Waals surface area contributed by atoms with E-state index in [-0.39, 0.29) is 0 Å². The predicted octanol–water partition coefficient (Wildman–Crippen LogP) is 7.34. The molecular formula is C26H24. The first-order valence-electron chi connectivity index (χ1n) is 8.85. The molecule has 0 aliphatic rings. The van der Waals surface area contributed by atoms with Crippen LogP contribution in [0, 0.1) is 0 Å². The number of benzene rings is 3. The fourth-order valence-corrected chi connectivity index (χ4v) is 3.25. The van der Waals surface area contributed by atoms with Gasteiger partial charge < -0.3 is 0 Å². The van der Waals surface area contributed by atoms with Gasteiger partial charge in [-0.15, -0.1) is 0 Å². The van der Waals surface area contributed by atoms with Crippen molar-refractivity contribution in [3.05, 3.63) is 120 Å². The van der Waals surface area contributed by atoms with Crippen LogP contribution in [-0.4, -0.2) is 0 Å². The third kappa shape index (κ3) is 3.75. The van der Waals surface area contributed by atoms with E-state index < -0.39 is 0 Å². The molecule has 0 unspecified atom stereocenters. The molecule has 0 heteroatoms. The molecule has 0 saturated heterocycles. The molecule has 3 aromatic carbocycles. The second-order valence-corrected chi connectivity index (χ2v) is 6.62. The van der Waals surface area contributed by atoms with Gasteiger partial charge in [0.05, 0.1) is 0 Å². The van der Waals surface area contributed by atoms with E-state index >= 15 is 0 Å². The van der Waals surface area contributed by atoms with Crippen LogP contribution in [0.15, 0.2) is 92.0 Å². The van der Waals surface area contributed by atoms with Gasteiger partial charge in [-0.3, -0.25) is 0 Å². The Hall–Kier alpha value is -3.12. The van der Waals surface area contributed by atoms with E-state index in [4.69, 9.17) is 0 Å². The third-order valence-corrected chi connectivity index (χ3v) is 4.45. The van der Waals surface area contributed by atoms with Gasteiger partial charge in [0.1, 0.15) is 0 Å². The summed E-state index contributed by atoms with van der Waals surface area (Å²) in [5, 5.41) is 0. The summed E-state index contributed by atoms with van der Waals surface area (Å²) in [5.41, 5.74) is 9.21. The molecule has 0 aliphatic carbocycles. The van der Waals surface area contributed by atoms with E-state index in [0.717, 1.165) is 16.7 Å². The van der Waals surface area contributed by atoms with Crippen molar-refractivity contribution in [2.24, 2.45) is 0 Å². The van der Waals surface area contributed by atoms with Crippen molar-refractivity contribution in [1.29, 1.82) is 0 Å². The largest absolute Gasteiger partial charge is 0.0955 e. The van der Waals surface area contributed by atoms with Crippen LogP contribution < -0.4 is 0 Å². The molecule has 26 heavy (non-hydrogen) atoms. The Labute approximate surface area is 156 Å². The van der Waals surface area contributed by atoms with Crippen LogP contribution in [0.3, 0.4) is 0 Å². The Kier molecular flexibility index (Phi) is 5.34. The molecule has 0 saturated carbocycles. The molecule has 128 valence electrons. The Bertz CT molecular complexity index is 916. The van der Waals surface area contributed by atoms with Crippen LogP contribution >= 0.6 is 0 Å². The van der Waals surface area contributed by atoms with Crippen molar-refractivity contribution >= 4 is 22.8 Å². The average molecular weight is 336 g/mol. The van der Waals surface area contributed by atoms with Crippen LogP contribution in [0.1, 0.15) is 41.7 Å². The minimum Gasteiger partial charge on any atom is -0.0955 e. The van der Waals surface area contributed by atoms with Gasteiger partial charge in [-0.1, -0.05) is 97.6 Å². The number of hydrogen-bond donors (Lipinski definition) is 0. The van der Waals surface area contributed by atoms with Crippen LogP contribution in [-0.2, 0) is 0 Å². The first-order chi connectivity index (χ1) is 12.6. The minimum absolute atomic E-state index is 1.05. The van der Waals surface area contributed by atoms with Crippen molar-refractivity contribution < 1.29 is 0 Å². The van der Waals surface area contributed by atoms with E-state index in [1.54, 1.807) is 0 Å². The maximum absolute atomic E-state index is 4.21. The van der Waals surface area contributed by atoms with Crippen molar-refractivity contribution in [3.8, 4) is 0 Å². The van der Waals surface area contributed by atoms with E-state index in [1.165, 1.54) is 27.8 Å². The lowest BCUT2D eigenvalue weighted by molar-refractivity contribution is 1.47. The molecule has 0 N–H and O–H groups in total. The summed E-state index contributed by atoms with van der Waals surface area (Å²) in [7, 11) is 0. The highest BCUT2D eigenvalue weighted by atomic mass is 14.1. The van der Waals surface area contributed by atoms with Crippen molar-refractivity contribution in [3.63, 3.8) is 0 Å². The molecule has 0 fully saturated rings. The van der Waals surface area contributed by atoms with Gasteiger partial charge in [0, 0.05) is 0 Å².